The summed E-state index contributed by atoms with van der Waals surface area (Å²) in [5, 5.41) is 21.3. The van der Waals surface area contributed by atoms with Gasteiger partial charge in [-0.15, -0.1) is 0 Å². The zero-order valence-corrected chi connectivity index (χ0v) is 22.8. The number of rotatable bonds is 2. The summed E-state index contributed by atoms with van der Waals surface area (Å²) in [5.41, 5.74) is 1.11. The molecule has 35 heavy (non-hydrogen) atoms. The maximum atomic E-state index is 14.4. The Hall–Kier alpha value is -0.750. The molecule has 10 atom stereocenters. The van der Waals surface area contributed by atoms with Gasteiger partial charge < -0.3 is 19.7 Å². The highest BCUT2D eigenvalue weighted by Gasteiger charge is 2.71. The Labute approximate surface area is 211 Å². The molecule has 5 nitrogen and oxygen atoms in total. The normalized spacial score (nSPS) is 51.4. The summed E-state index contributed by atoms with van der Waals surface area (Å²) in [7, 11) is 0. The molecule has 0 unspecified atom stereocenters. The van der Waals surface area contributed by atoms with Gasteiger partial charge >= 0.3 is 0 Å². The minimum Gasteiger partial charge on any atom is -0.388 e. The van der Waals surface area contributed by atoms with Crippen molar-refractivity contribution in [2.45, 2.75) is 135 Å². The number of aliphatic hydroxyl groups excluding tert-OH is 1. The summed E-state index contributed by atoms with van der Waals surface area (Å²) in [6, 6.07) is 0. The smallest absolute Gasteiger partial charge is 0.172 e. The van der Waals surface area contributed by atoms with Gasteiger partial charge in [-0.05, 0) is 94.8 Å². The molecule has 0 amide bonds. The van der Waals surface area contributed by atoms with Gasteiger partial charge in [0.25, 0.3) is 0 Å². The van der Waals surface area contributed by atoms with Gasteiger partial charge in [0.05, 0.1) is 28.8 Å². The Morgan fingerprint density at radius 1 is 1.09 bits per heavy atom. The van der Waals surface area contributed by atoms with Crippen molar-refractivity contribution in [3.63, 3.8) is 0 Å². The van der Waals surface area contributed by atoms with E-state index in [-0.39, 0.29) is 34.1 Å². The lowest BCUT2D eigenvalue weighted by Gasteiger charge is -2.52. The monoisotopic (exact) mass is 486 g/mol. The van der Waals surface area contributed by atoms with Crippen molar-refractivity contribution in [3.05, 3.63) is 11.1 Å². The Bertz CT molecular complexity index is 976. The van der Waals surface area contributed by atoms with Gasteiger partial charge in [-0.3, -0.25) is 4.79 Å². The standard InChI is InChI=1S/C30H46O5/c1-16-14-19(24(31)27(4,5)33)34-23-22(16)28(6)12-10-17-15-30-13-11-21(35-30)26(2,3)20(30)9-8-18(17)29(28,7)25(23)32/h16,19-24,31,33H,8-15H2,1-7H3/t16-,19+,20-,21+,22+,23-,24-,28-,29-,30+/m1/s1. The second kappa shape index (κ2) is 7.21. The Balaban J connectivity index is 1.38. The number of Topliss-reactive ketones (excluding diaryl/α,β-unsaturated/α-hetero) is 1. The van der Waals surface area contributed by atoms with Crippen LogP contribution >= 0.6 is 0 Å². The van der Waals surface area contributed by atoms with E-state index in [0.29, 0.717) is 18.4 Å². The maximum Gasteiger partial charge on any atom is 0.172 e. The maximum absolute atomic E-state index is 14.4. The fourth-order valence-electron chi connectivity index (χ4n) is 10.3. The first-order chi connectivity index (χ1) is 16.2. The van der Waals surface area contributed by atoms with Crippen molar-refractivity contribution < 1.29 is 24.5 Å². The largest absolute Gasteiger partial charge is 0.388 e. The van der Waals surface area contributed by atoms with Gasteiger partial charge in [0.15, 0.2) is 5.78 Å². The number of carbonyl (C=O) groups is 1. The van der Waals surface area contributed by atoms with Crippen molar-refractivity contribution in [2.75, 3.05) is 0 Å². The second-order valence-corrected chi connectivity index (χ2v) is 14.7. The molecule has 5 heteroatoms. The molecule has 3 saturated heterocycles. The van der Waals surface area contributed by atoms with Gasteiger partial charge in [0.2, 0.25) is 0 Å². The van der Waals surface area contributed by atoms with Crippen LogP contribution in [0.25, 0.3) is 0 Å². The first kappa shape index (κ1) is 24.6. The molecule has 3 aliphatic carbocycles. The highest BCUT2D eigenvalue weighted by Crippen LogP contribution is 2.71. The minimum atomic E-state index is -1.26. The fraction of sp³-hybridized carbons (Fsp3) is 0.900. The number of allylic oxidation sites excluding steroid dienone is 1. The van der Waals surface area contributed by atoms with Gasteiger partial charge in [0.1, 0.15) is 12.2 Å². The van der Waals surface area contributed by atoms with Crippen molar-refractivity contribution >= 4 is 5.78 Å². The third kappa shape index (κ3) is 2.93. The molecule has 1 spiro atoms. The molecular weight excluding hydrogens is 440 g/mol. The van der Waals surface area contributed by atoms with E-state index in [2.05, 4.69) is 34.6 Å². The molecule has 6 rings (SSSR count). The SMILES string of the molecule is C[C@@H]1C[C@@H]([C@@H](O)C(C)(C)O)O[C@H]2C(=O)[C@@]3(C)C4=C(CC[C@]3(C)[C@@H]12)C[C@]12CC[C@H](O1)C(C)(C)[C@H]2CC4. The van der Waals surface area contributed by atoms with Crippen LogP contribution in [-0.4, -0.2) is 51.6 Å². The number of ketones is 1. The summed E-state index contributed by atoms with van der Waals surface area (Å²) in [5.74, 6) is 1.15. The van der Waals surface area contributed by atoms with Gasteiger partial charge in [-0.2, -0.15) is 0 Å². The van der Waals surface area contributed by atoms with E-state index in [1.165, 1.54) is 17.6 Å². The molecule has 2 bridgehead atoms. The van der Waals surface area contributed by atoms with Crippen LogP contribution in [-0.2, 0) is 14.3 Å². The molecular formula is C30H46O5. The van der Waals surface area contributed by atoms with Gasteiger partial charge in [0, 0.05) is 5.92 Å². The number of carbonyl (C=O) groups excluding carboxylic acids is 1. The number of aliphatic hydroxyl groups is 2. The third-order valence-corrected chi connectivity index (χ3v) is 12.3. The fourth-order valence-corrected chi connectivity index (χ4v) is 10.3. The highest BCUT2D eigenvalue weighted by molar-refractivity contribution is 5.96. The van der Waals surface area contributed by atoms with E-state index in [4.69, 9.17) is 9.47 Å². The number of ether oxygens (including phenoxy) is 2. The number of hydrogen-bond acceptors (Lipinski definition) is 5. The predicted molar refractivity (Wildman–Crippen MR) is 134 cm³/mol. The summed E-state index contributed by atoms with van der Waals surface area (Å²) in [6.45, 7) is 14.8. The van der Waals surface area contributed by atoms with E-state index in [0.717, 1.165) is 38.5 Å². The average Bonchev–Trinajstić information content (AvgIpc) is 3.27. The molecule has 0 radical (unpaired) electrons. The van der Waals surface area contributed by atoms with Gasteiger partial charge in [-0.25, -0.2) is 0 Å². The molecule has 2 N–H and O–H groups in total. The Morgan fingerprint density at radius 3 is 2.49 bits per heavy atom. The van der Waals surface area contributed by atoms with Gasteiger partial charge in [-0.1, -0.05) is 38.8 Å². The van der Waals surface area contributed by atoms with Crippen LogP contribution in [0.3, 0.4) is 0 Å². The lowest BCUT2D eigenvalue weighted by Crippen LogP contribution is -2.53. The quantitative estimate of drug-likeness (QED) is 0.539. The van der Waals surface area contributed by atoms with Crippen molar-refractivity contribution in [1.29, 1.82) is 0 Å². The molecule has 3 heterocycles. The third-order valence-electron chi connectivity index (χ3n) is 12.3. The molecule has 3 aliphatic heterocycles. The molecule has 0 aromatic heterocycles. The van der Waals surface area contributed by atoms with E-state index in [1.54, 1.807) is 13.8 Å². The van der Waals surface area contributed by atoms with E-state index < -0.39 is 29.3 Å². The van der Waals surface area contributed by atoms with Crippen LogP contribution in [0.15, 0.2) is 11.1 Å². The summed E-state index contributed by atoms with van der Waals surface area (Å²) < 4.78 is 13.3. The predicted octanol–water partition coefficient (Wildman–Crippen LogP) is 4.97. The van der Waals surface area contributed by atoms with Crippen LogP contribution < -0.4 is 0 Å². The van der Waals surface area contributed by atoms with Crippen LogP contribution in [0.4, 0.5) is 0 Å². The molecule has 6 aliphatic rings. The lowest BCUT2D eigenvalue weighted by atomic mass is 9.52. The molecule has 4 fully saturated rings. The summed E-state index contributed by atoms with van der Waals surface area (Å²) in [6.07, 6.45) is 6.50. The molecule has 196 valence electrons. The minimum absolute atomic E-state index is 0.0323. The second-order valence-electron chi connectivity index (χ2n) is 14.7. The van der Waals surface area contributed by atoms with Crippen molar-refractivity contribution in [2.24, 2.45) is 34.0 Å². The zero-order chi connectivity index (χ0) is 25.3. The topological polar surface area (TPSA) is 76.0 Å². The van der Waals surface area contributed by atoms with E-state index >= 15 is 0 Å². The van der Waals surface area contributed by atoms with Crippen LogP contribution in [0.5, 0.6) is 0 Å². The van der Waals surface area contributed by atoms with Crippen LogP contribution in [0.1, 0.15) is 99.8 Å². The van der Waals surface area contributed by atoms with E-state index in [9.17, 15) is 15.0 Å². The van der Waals surface area contributed by atoms with Crippen molar-refractivity contribution in [1.82, 2.24) is 0 Å². The number of hydrogen-bond donors (Lipinski definition) is 2. The first-order valence-corrected chi connectivity index (χ1v) is 14.2. The zero-order valence-electron chi connectivity index (χ0n) is 22.8. The van der Waals surface area contributed by atoms with Crippen LogP contribution in [0.2, 0.25) is 0 Å². The lowest BCUT2D eigenvalue weighted by molar-refractivity contribution is -0.190. The highest BCUT2D eigenvalue weighted by atomic mass is 16.5. The Kier molecular flexibility index (Phi) is 5.06. The van der Waals surface area contributed by atoms with Crippen molar-refractivity contribution in [3.8, 4) is 0 Å². The Morgan fingerprint density at radius 2 is 1.80 bits per heavy atom. The molecule has 1 saturated carbocycles. The first-order valence-electron chi connectivity index (χ1n) is 14.2. The number of fused-ring (bicyclic) bond motifs is 5. The molecule has 0 aromatic rings. The van der Waals surface area contributed by atoms with E-state index in [1.807, 2.05) is 0 Å². The summed E-state index contributed by atoms with van der Waals surface area (Å²) in [4.78, 5) is 14.4. The summed E-state index contributed by atoms with van der Waals surface area (Å²) >= 11 is 0. The molecule has 0 aromatic carbocycles. The average molecular weight is 487 g/mol. The van der Waals surface area contributed by atoms with Crippen LogP contribution in [0, 0.1) is 34.0 Å².